The number of fused-ring (bicyclic) bond motifs is 1. The van der Waals surface area contributed by atoms with Crippen molar-refractivity contribution in [3.8, 4) is 0 Å². The van der Waals surface area contributed by atoms with Gasteiger partial charge in [-0.15, -0.1) is 0 Å². The zero-order valence-corrected chi connectivity index (χ0v) is 17.0. The predicted octanol–water partition coefficient (Wildman–Crippen LogP) is 4.87. The molecule has 2 aromatic heterocycles. The van der Waals surface area contributed by atoms with E-state index in [0.717, 1.165) is 38.0 Å². The summed E-state index contributed by atoms with van der Waals surface area (Å²) in [5.41, 5.74) is 5.13. The van der Waals surface area contributed by atoms with Crippen LogP contribution >= 0.6 is 0 Å². The highest BCUT2D eigenvalue weighted by molar-refractivity contribution is 5.76. The van der Waals surface area contributed by atoms with Crippen LogP contribution in [-0.2, 0) is 11.2 Å². The molecule has 1 saturated heterocycles. The fourth-order valence-electron chi connectivity index (χ4n) is 3.93. The molecule has 1 saturated carbocycles. The molecule has 0 atom stereocenters. The van der Waals surface area contributed by atoms with Gasteiger partial charge in [0, 0.05) is 32.0 Å². The summed E-state index contributed by atoms with van der Waals surface area (Å²) in [7, 11) is 0. The minimum atomic E-state index is 0.752. The summed E-state index contributed by atoms with van der Waals surface area (Å²) in [5.74, 6) is 1.64. The summed E-state index contributed by atoms with van der Waals surface area (Å²) < 4.78 is 7.70. The number of hydrogen-bond donors (Lipinski definition) is 0. The molecule has 2 fully saturated rings. The Hall–Kier alpha value is -1.55. The van der Waals surface area contributed by atoms with Gasteiger partial charge < -0.3 is 9.64 Å². The van der Waals surface area contributed by atoms with Crippen LogP contribution < -0.4 is 4.90 Å². The highest BCUT2D eigenvalue weighted by atomic mass is 16.5. The van der Waals surface area contributed by atoms with E-state index in [2.05, 4.69) is 41.5 Å². The molecular weight excluding hydrogens is 322 g/mol. The van der Waals surface area contributed by atoms with Crippen molar-refractivity contribution in [1.82, 2.24) is 9.61 Å². The van der Waals surface area contributed by atoms with E-state index in [9.17, 15) is 0 Å². The van der Waals surface area contributed by atoms with E-state index in [4.69, 9.17) is 9.84 Å². The molecule has 1 aliphatic heterocycles. The van der Waals surface area contributed by atoms with Crippen molar-refractivity contribution < 1.29 is 4.74 Å². The zero-order chi connectivity index (χ0) is 18.5. The van der Waals surface area contributed by atoms with Crippen LogP contribution in [0.1, 0.15) is 57.8 Å². The number of aromatic nitrogens is 2. The van der Waals surface area contributed by atoms with Crippen LogP contribution in [0.5, 0.6) is 0 Å². The van der Waals surface area contributed by atoms with Gasteiger partial charge in [0.25, 0.3) is 0 Å². The highest BCUT2D eigenvalue weighted by Gasteiger charge is 2.29. The van der Waals surface area contributed by atoms with Crippen LogP contribution in [0.4, 0.5) is 5.69 Å². The third-order valence-electron chi connectivity index (χ3n) is 5.54. The molecule has 0 amide bonds. The first-order valence-corrected chi connectivity index (χ1v) is 10.6. The molecule has 4 heteroatoms. The largest absolute Gasteiger partial charge is 0.381 e. The number of anilines is 1. The lowest BCUT2D eigenvalue weighted by Crippen LogP contribution is -2.34. The van der Waals surface area contributed by atoms with E-state index in [1.165, 1.54) is 54.8 Å². The Morgan fingerprint density at radius 1 is 1.08 bits per heavy atom. The number of pyridine rings is 1. The fraction of sp³-hybridized carbons (Fsp3) is 0.682. The summed E-state index contributed by atoms with van der Waals surface area (Å²) in [5, 5.41) is 4.92. The average Bonchev–Trinajstić information content (AvgIpc) is 3.41. The molecule has 0 aromatic carbocycles. The quantitative estimate of drug-likeness (QED) is 0.738. The summed E-state index contributed by atoms with van der Waals surface area (Å²) >= 11 is 0. The van der Waals surface area contributed by atoms with Crippen molar-refractivity contribution >= 4 is 11.2 Å². The molecule has 0 spiro atoms. The van der Waals surface area contributed by atoms with Gasteiger partial charge in [-0.3, -0.25) is 0 Å². The molecule has 4 rings (SSSR count). The van der Waals surface area contributed by atoms with Gasteiger partial charge in [-0.25, -0.2) is 4.52 Å². The monoisotopic (exact) mass is 357 g/mol. The molecule has 2 aromatic rings. The van der Waals surface area contributed by atoms with Gasteiger partial charge in [0.2, 0.25) is 0 Å². The normalized spacial score (nSPS) is 17.8. The maximum atomic E-state index is 5.56. The molecule has 26 heavy (non-hydrogen) atoms. The lowest BCUT2D eigenvalue weighted by Gasteiger charge is -2.31. The smallest absolute Gasteiger partial charge is 0.0901 e. The van der Waals surface area contributed by atoms with Crippen LogP contribution in [0, 0.1) is 18.8 Å². The van der Waals surface area contributed by atoms with Crippen molar-refractivity contribution in [2.24, 2.45) is 11.8 Å². The number of aryl methyl sites for hydroxylation is 2. The standard InChI is InChI=1S/C20H29N3O.C2H6/c1-3-18-20(19-6-4-5-15(2)23(19)21-18)22(13-16-7-8-16)14-17-9-11-24-12-10-17;1-2/h4-6,16-17H,3,7-14H2,1-2H3;1-2H3. The highest BCUT2D eigenvalue weighted by Crippen LogP contribution is 2.36. The van der Waals surface area contributed by atoms with Crippen molar-refractivity contribution in [1.29, 1.82) is 0 Å². The van der Waals surface area contributed by atoms with Gasteiger partial charge in [-0.1, -0.05) is 26.8 Å². The number of ether oxygens (including phenoxy) is 1. The topological polar surface area (TPSA) is 29.8 Å². The van der Waals surface area contributed by atoms with Crippen LogP contribution in [0.25, 0.3) is 5.52 Å². The molecule has 0 bridgehead atoms. The summed E-state index contributed by atoms with van der Waals surface area (Å²) in [6.07, 6.45) is 6.17. The number of hydrogen-bond acceptors (Lipinski definition) is 3. The van der Waals surface area contributed by atoms with Gasteiger partial charge in [0.05, 0.1) is 16.9 Å². The first-order chi connectivity index (χ1) is 12.8. The van der Waals surface area contributed by atoms with E-state index < -0.39 is 0 Å². The van der Waals surface area contributed by atoms with Crippen molar-refractivity contribution in [2.75, 3.05) is 31.2 Å². The minimum Gasteiger partial charge on any atom is -0.381 e. The first kappa shape index (κ1) is 19.2. The maximum absolute atomic E-state index is 5.56. The first-order valence-electron chi connectivity index (χ1n) is 10.6. The molecule has 0 radical (unpaired) electrons. The van der Waals surface area contributed by atoms with E-state index >= 15 is 0 Å². The average molecular weight is 358 g/mol. The van der Waals surface area contributed by atoms with Crippen molar-refractivity contribution in [3.05, 3.63) is 29.6 Å². The molecular formula is C22H35N3O. The van der Waals surface area contributed by atoms with E-state index in [0.29, 0.717) is 0 Å². The number of rotatable bonds is 6. The zero-order valence-electron chi connectivity index (χ0n) is 17.0. The van der Waals surface area contributed by atoms with Crippen LogP contribution in [0.2, 0.25) is 0 Å². The Morgan fingerprint density at radius 3 is 2.35 bits per heavy atom. The van der Waals surface area contributed by atoms with Gasteiger partial charge in [0.15, 0.2) is 0 Å². The van der Waals surface area contributed by atoms with Gasteiger partial charge in [-0.05, 0) is 63.0 Å². The third kappa shape index (κ3) is 4.22. The van der Waals surface area contributed by atoms with E-state index in [1.807, 2.05) is 13.8 Å². The van der Waals surface area contributed by atoms with E-state index in [1.54, 1.807) is 0 Å². The van der Waals surface area contributed by atoms with Crippen LogP contribution in [0.3, 0.4) is 0 Å². The van der Waals surface area contributed by atoms with E-state index in [-0.39, 0.29) is 0 Å². The molecule has 3 heterocycles. The Bertz CT molecular complexity index is 699. The Kier molecular flexibility index (Phi) is 6.58. The summed E-state index contributed by atoms with van der Waals surface area (Å²) in [6, 6.07) is 6.55. The molecule has 144 valence electrons. The molecule has 2 aliphatic rings. The van der Waals surface area contributed by atoms with Crippen LogP contribution in [-0.4, -0.2) is 35.9 Å². The predicted molar refractivity (Wildman–Crippen MR) is 109 cm³/mol. The summed E-state index contributed by atoms with van der Waals surface area (Å²) in [4.78, 5) is 2.66. The van der Waals surface area contributed by atoms with Crippen molar-refractivity contribution in [3.63, 3.8) is 0 Å². The fourth-order valence-corrected chi connectivity index (χ4v) is 3.93. The Balaban J connectivity index is 0.000000948. The third-order valence-corrected chi connectivity index (χ3v) is 5.54. The lowest BCUT2D eigenvalue weighted by atomic mass is 9.99. The second kappa shape index (κ2) is 8.90. The van der Waals surface area contributed by atoms with Gasteiger partial charge in [0.1, 0.15) is 0 Å². The second-order valence-corrected chi connectivity index (χ2v) is 7.52. The van der Waals surface area contributed by atoms with Gasteiger partial charge in [-0.2, -0.15) is 5.10 Å². The minimum absolute atomic E-state index is 0.752. The second-order valence-electron chi connectivity index (χ2n) is 7.52. The maximum Gasteiger partial charge on any atom is 0.0901 e. The van der Waals surface area contributed by atoms with Crippen molar-refractivity contribution in [2.45, 2.75) is 59.8 Å². The molecule has 0 unspecified atom stereocenters. The Labute approximate surface area is 158 Å². The van der Waals surface area contributed by atoms with Crippen LogP contribution in [0.15, 0.2) is 18.2 Å². The summed E-state index contributed by atoms with van der Waals surface area (Å²) in [6.45, 7) is 12.6. The Morgan fingerprint density at radius 2 is 1.73 bits per heavy atom. The number of nitrogens with zero attached hydrogens (tertiary/aromatic N) is 3. The lowest BCUT2D eigenvalue weighted by molar-refractivity contribution is 0.0682. The SMILES string of the molecule is CC.CCc1nn2c(C)cccc2c1N(CC1CCOCC1)CC1CC1. The molecule has 4 nitrogen and oxygen atoms in total. The molecule has 1 aliphatic carbocycles. The molecule has 0 N–H and O–H groups in total. The van der Waals surface area contributed by atoms with Gasteiger partial charge >= 0.3 is 0 Å².